The molecule has 100 valence electrons. The van der Waals surface area contributed by atoms with E-state index in [2.05, 4.69) is 0 Å². The highest BCUT2D eigenvalue weighted by molar-refractivity contribution is 5.76. The summed E-state index contributed by atoms with van der Waals surface area (Å²) in [5, 5.41) is 9.77. The Hall–Kier alpha value is -1.55. The summed E-state index contributed by atoms with van der Waals surface area (Å²) in [5.41, 5.74) is 0.764. The van der Waals surface area contributed by atoms with Crippen molar-refractivity contribution in [1.82, 2.24) is 4.90 Å². The molecular formula is C14H21NO3. The van der Waals surface area contributed by atoms with E-state index in [4.69, 9.17) is 4.74 Å². The Balaban J connectivity index is 2.63. The molecule has 0 radical (unpaired) electrons. The van der Waals surface area contributed by atoms with Crippen LogP contribution in [0.1, 0.15) is 31.4 Å². The molecule has 1 aromatic carbocycles. The van der Waals surface area contributed by atoms with Crippen LogP contribution in [0.2, 0.25) is 0 Å². The van der Waals surface area contributed by atoms with Crippen molar-refractivity contribution in [1.29, 1.82) is 0 Å². The molecular weight excluding hydrogens is 230 g/mol. The fourth-order valence-corrected chi connectivity index (χ4v) is 1.81. The van der Waals surface area contributed by atoms with Gasteiger partial charge in [0.2, 0.25) is 5.91 Å². The number of benzene rings is 1. The van der Waals surface area contributed by atoms with Gasteiger partial charge in [0.1, 0.15) is 5.75 Å². The predicted octanol–water partition coefficient (Wildman–Crippen LogP) is 2.34. The molecule has 1 atom stereocenters. The minimum atomic E-state index is -0.138. The van der Waals surface area contributed by atoms with E-state index >= 15 is 0 Å². The van der Waals surface area contributed by atoms with Gasteiger partial charge in [0.15, 0.2) is 0 Å². The molecule has 0 saturated heterocycles. The number of hydrogen-bond donors (Lipinski definition) is 1. The molecule has 1 amide bonds. The second kappa shape index (κ2) is 7.01. The van der Waals surface area contributed by atoms with E-state index in [1.54, 1.807) is 31.2 Å². The molecule has 0 heterocycles. The summed E-state index contributed by atoms with van der Waals surface area (Å²) in [6, 6.07) is 6.95. The highest BCUT2D eigenvalue weighted by Gasteiger charge is 2.19. The van der Waals surface area contributed by atoms with Crippen LogP contribution < -0.4 is 0 Å². The number of nitrogens with zero attached hydrogens (tertiary/aromatic N) is 1. The third kappa shape index (κ3) is 3.74. The highest BCUT2D eigenvalue weighted by Crippen LogP contribution is 2.27. The van der Waals surface area contributed by atoms with Crippen LogP contribution in [0, 0.1) is 0 Å². The fourth-order valence-electron chi connectivity index (χ4n) is 1.81. The van der Waals surface area contributed by atoms with E-state index in [-0.39, 0.29) is 17.7 Å². The van der Waals surface area contributed by atoms with Crippen LogP contribution in [-0.2, 0) is 9.53 Å². The number of carbonyl (C=O) groups excluding carboxylic acids is 1. The number of phenols is 1. The summed E-state index contributed by atoms with van der Waals surface area (Å²) >= 11 is 0. The van der Waals surface area contributed by atoms with E-state index < -0.39 is 0 Å². The Labute approximate surface area is 108 Å². The van der Waals surface area contributed by atoms with E-state index in [1.807, 2.05) is 19.1 Å². The summed E-state index contributed by atoms with van der Waals surface area (Å²) in [6.45, 7) is 2.49. The number of para-hydroxylation sites is 1. The number of methoxy groups -OCH3 is 1. The molecule has 1 unspecified atom stereocenters. The van der Waals surface area contributed by atoms with Crippen molar-refractivity contribution in [3.05, 3.63) is 29.8 Å². The number of hydrogen-bond acceptors (Lipinski definition) is 3. The molecule has 0 bridgehead atoms. The second-order valence-corrected chi connectivity index (χ2v) is 4.34. The molecule has 1 rings (SSSR count). The third-order valence-electron chi connectivity index (χ3n) is 3.10. The number of amides is 1. The quantitative estimate of drug-likeness (QED) is 0.789. The Morgan fingerprint density at radius 1 is 1.44 bits per heavy atom. The molecule has 1 N–H and O–H groups in total. The molecule has 4 nitrogen and oxygen atoms in total. The molecule has 0 aliphatic heterocycles. The first-order valence-corrected chi connectivity index (χ1v) is 6.10. The van der Waals surface area contributed by atoms with Crippen LogP contribution in [0.3, 0.4) is 0 Å². The lowest BCUT2D eigenvalue weighted by molar-refractivity contribution is -0.132. The van der Waals surface area contributed by atoms with Gasteiger partial charge >= 0.3 is 0 Å². The van der Waals surface area contributed by atoms with E-state index in [9.17, 15) is 9.90 Å². The number of phenolic OH excluding ortho intramolecular Hbond substituents is 1. The van der Waals surface area contributed by atoms with Crippen LogP contribution in [-0.4, -0.2) is 36.7 Å². The summed E-state index contributed by atoms with van der Waals surface area (Å²) in [6.07, 6.45) is 1.18. The molecule has 0 spiro atoms. The van der Waals surface area contributed by atoms with Crippen LogP contribution in [0.5, 0.6) is 5.75 Å². The number of carbonyl (C=O) groups is 1. The molecule has 18 heavy (non-hydrogen) atoms. The number of rotatable bonds is 6. The van der Waals surface area contributed by atoms with E-state index in [0.717, 1.165) is 5.56 Å². The molecule has 0 aromatic heterocycles. The van der Waals surface area contributed by atoms with Crippen molar-refractivity contribution in [2.75, 3.05) is 20.8 Å². The third-order valence-corrected chi connectivity index (χ3v) is 3.10. The van der Waals surface area contributed by atoms with Gasteiger partial charge in [-0.1, -0.05) is 18.2 Å². The van der Waals surface area contributed by atoms with Crippen molar-refractivity contribution in [3.8, 4) is 5.75 Å². The van der Waals surface area contributed by atoms with Crippen LogP contribution >= 0.6 is 0 Å². The highest BCUT2D eigenvalue weighted by atomic mass is 16.5. The van der Waals surface area contributed by atoms with Crippen molar-refractivity contribution in [2.45, 2.75) is 25.8 Å². The van der Waals surface area contributed by atoms with Gasteiger partial charge in [-0.2, -0.15) is 0 Å². The standard InChI is InChI=1S/C14H21NO3/c1-11(12-7-4-5-8-13(12)16)15(2)14(17)9-6-10-18-3/h4-5,7-8,11,16H,6,9-10H2,1-3H3. The largest absolute Gasteiger partial charge is 0.508 e. The monoisotopic (exact) mass is 251 g/mol. The Kier molecular flexibility index (Phi) is 5.65. The summed E-state index contributed by atoms with van der Waals surface area (Å²) in [7, 11) is 3.38. The van der Waals surface area contributed by atoms with Gasteiger partial charge in [0.05, 0.1) is 6.04 Å². The van der Waals surface area contributed by atoms with Crippen LogP contribution in [0.15, 0.2) is 24.3 Å². The molecule has 0 fully saturated rings. The summed E-state index contributed by atoms with van der Waals surface area (Å²) in [5.74, 6) is 0.282. The normalized spacial score (nSPS) is 12.2. The second-order valence-electron chi connectivity index (χ2n) is 4.34. The summed E-state index contributed by atoms with van der Waals surface area (Å²) in [4.78, 5) is 13.6. The SMILES string of the molecule is COCCCC(=O)N(C)C(C)c1ccccc1O. The van der Waals surface area contributed by atoms with Crippen molar-refractivity contribution < 1.29 is 14.6 Å². The molecule has 4 heteroatoms. The smallest absolute Gasteiger partial charge is 0.222 e. The maximum absolute atomic E-state index is 11.9. The molecule has 1 aromatic rings. The zero-order valence-corrected chi connectivity index (χ0v) is 11.2. The van der Waals surface area contributed by atoms with Crippen LogP contribution in [0.4, 0.5) is 0 Å². The van der Waals surface area contributed by atoms with Gasteiger partial charge in [0.25, 0.3) is 0 Å². The van der Waals surface area contributed by atoms with Crippen molar-refractivity contribution >= 4 is 5.91 Å². The van der Waals surface area contributed by atoms with Crippen molar-refractivity contribution in [3.63, 3.8) is 0 Å². The Bertz CT molecular complexity index is 392. The van der Waals surface area contributed by atoms with Gasteiger partial charge in [-0.05, 0) is 19.4 Å². The van der Waals surface area contributed by atoms with E-state index in [1.165, 1.54) is 0 Å². The van der Waals surface area contributed by atoms with Crippen molar-refractivity contribution in [2.24, 2.45) is 0 Å². The maximum atomic E-state index is 11.9. The first-order valence-electron chi connectivity index (χ1n) is 6.10. The minimum Gasteiger partial charge on any atom is -0.508 e. The molecule has 0 saturated carbocycles. The predicted molar refractivity (Wildman–Crippen MR) is 70.4 cm³/mol. The van der Waals surface area contributed by atoms with Gasteiger partial charge < -0.3 is 14.7 Å². The maximum Gasteiger partial charge on any atom is 0.222 e. The molecule has 0 aliphatic carbocycles. The number of ether oxygens (including phenoxy) is 1. The van der Waals surface area contributed by atoms with Gasteiger partial charge in [0, 0.05) is 32.7 Å². The van der Waals surface area contributed by atoms with Crippen LogP contribution in [0.25, 0.3) is 0 Å². The lowest BCUT2D eigenvalue weighted by Gasteiger charge is -2.26. The van der Waals surface area contributed by atoms with E-state index in [0.29, 0.717) is 19.4 Å². The lowest BCUT2D eigenvalue weighted by Crippen LogP contribution is -2.29. The Morgan fingerprint density at radius 2 is 2.11 bits per heavy atom. The lowest BCUT2D eigenvalue weighted by atomic mass is 10.1. The first kappa shape index (κ1) is 14.5. The average Bonchev–Trinajstić information content (AvgIpc) is 2.38. The minimum absolute atomic E-state index is 0.0582. The van der Waals surface area contributed by atoms with Gasteiger partial charge in [-0.15, -0.1) is 0 Å². The topological polar surface area (TPSA) is 49.8 Å². The fraction of sp³-hybridized carbons (Fsp3) is 0.500. The summed E-state index contributed by atoms with van der Waals surface area (Å²) < 4.78 is 4.93. The van der Waals surface area contributed by atoms with Gasteiger partial charge in [-0.25, -0.2) is 0 Å². The Morgan fingerprint density at radius 3 is 2.72 bits per heavy atom. The first-order chi connectivity index (χ1) is 8.57. The van der Waals surface area contributed by atoms with Gasteiger partial charge in [-0.3, -0.25) is 4.79 Å². The zero-order valence-electron chi connectivity index (χ0n) is 11.2. The number of aromatic hydroxyl groups is 1. The average molecular weight is 251 g/mol. The zero-order chi connectivity index (χ0) is 13.5. The molecule has 0 aliphatic rings.